The first-order valence-electron chi connectivity index (χ1n) is 8.88. The highest BCUT2D eigenvalue weighted by Crippen LogP contribution is 2.35. The largest absolute Gasteiger partial charge is 0.479 e. The van der Waals surface area contributed by atoms with Gasteiger partial charge in [0.1, 0.15) is 5.52 Å². The van der Waals surface area contributed by atoms with Crippen molar-refractivity contribution in [2.45, 2.75) is 31.4 Å². The zero-order chi connectivity index (χ0) is 18.6. The van der Waals surface area contributed by atoms with Crippen LogP contribution in [0.25, 0.3) is 27.7 Å². The highest BCUT2D eigenvalue weighted by molar-refractivity contribution is 5.90. The van der Waals surface area contributed by atoms with Gasteiger partial charge in [0.25, 0.3) is 0 Å². The number of aromatic nitrogens is 5. The van der Waals surface area contributed by atoms with Crippen molar-refractivity contribution in [2.24, 2.45) is 0 Å². The third kappa shape index (κ3) is 2.69. The van der Waals surface area contributed by atoms with E-state index in [0.717, 1.165) is 27.7 Å². The van der Waals surface area contributed by atoms with E-state index in [2.05, 4.69) is 31.4 Å². The summed E-state index contributed by atoms with van der Waals surface area (Å²) in [4.78, 5) is 12.1. The Labute approximate surface area is 155 Å². The summed E-state index contributed by atoms with van der Waals surface area (Å²) in [6, 6.07) is 6.15. The first-order chi connectivity index (χ1) is 13.0. The Morgan fingerprint density at radius 3 is 2.96 bits per heavy atom. The summed E-state index contributed by atoms with van der Waals surface area (Å²) in [6.07, 6.45) is 6.84. The van der Waals surface area contributed by atoms with E-state index in [-0.39, 0.29) is 6.04 Å². The Balaban J connectivity index is 1.55. The molecule has 1 fully saturated rings. The number of hydrogen-bond donors (Lipinski definition) is 3. The smallest absolute Gasteiger partial charge is 0.244 e. The maximum absolute atomic E-state index is 9.90. The molecule has 3 N–H and O–H groups in total. The number of rotatable bonds is 4. The molecule has 1 saturated carbocycles. The van der Waals surface area contributed by atoms with Crippen LogP contribution in [0, 0.1) is 0 Å². The number of nitrogens with zero attached hydrogens (tertiary/aromatic N) is 4. The summed E-state index contributed by atoms with van der Waals surface area (Å²) in [5, 5.41) is 18.8. The summed E-state index contributed by atoms with van der Waals surface area (Å²) in [5.41, 5.74) is 3.13. The number of aliphatic hydroxyl groups is 1. The molecule has 0 unspecified atom stereocenters. The average molecular weight is 364 g/mol. The molecule has 5 rings (SSSR count). The van der Waals surface area contributed by atoms with Crippen LogP contribution in [-0.2, 0) is 0 Å². The first kappa shape index (κ1) is 16.1. The van der Waals surface area contributed by atoms with E-state index in [1.165, 1.54) is 0 Å². The number of H-pyrrole nitrogens is 1. The van der Waals surface area contributed by atoms with Gasteiger partial charge in [0, 0.05) is 46.8 Å². The number of nitrogens with one attached hydrogen (secondary N) is 2. The fraction of sp³-hybridized carbons (Fsp3) is 0.316. The minimum atomic E-state index is -0.600. The predicted octanol–water partition coefficient (Wildman–Crippen LogP) is 2.61. The third-order valence-corrected chi connectivity index (χ3v) is 5.09. The highest BCUT2D eigenvalue weighted by Gasteiger charge is 2.38. The lowest BCUT2D eigenvalue weighted by atomic mass is 9.77. The zero-order valence-corrected chi connectivity index (χ0v) is 15.1. The van der Waals surface area contributed by atoms with Gasteiger partial charge in [0.2, 0.25) is 11.8 Å². The monoisotopic (exact) mass is 364 g/mol. The van der Waals surface area contributed by atoms with Gasteiger partial charge in [0.15, 0.2) is 0 Å². The van der Waals surface area contributed by atoms with Crippen LogP contribution in [0.3, 0.4) is 0 Å². The van der Waals surface area contributed by atoms with Crippen molar-refractivity contribution >= 4 is 22.4 Å². The summed E-state index contributed by atoms with van der Waals surface area (Å²) >= 11 is 0. The quantitative estimate of drug-likeness (QED) is 0.515. The van der Waals surface area contributed by atoms with Crippen molar-refractivity contribution in [2.75, 3.05) is 12.4 Å². The second-order valence-corrected chi connectivity index (χ2v) is 7.36. The van der Waals surface area contributed by atoms with E-state index < -0.39 is 5.60 Å². The number of hydrogen-bond acceptors (Lipinski definition) is 6. The molecule has 0 aliphatic heterocycles. The van der Waals surface area contributed by atoms with Crippen LogP contribution in [0.2, 0.25) is 0 Å². The topological polar surface area (TPSA) is 100 Å². The number of ether oxygens (including phenoxy) is 1. The van der Waals surface area contributed by atoms with E-state index in [9.17, 15) is 5.11 Å². The second-order valence-electron chi connectivity index (χ2n) is 7.36. The molecule has 8 heteroatoms. The van der Waals surface area contributed by atoms with Crippen molar-refractivity contribution in [3.8, 4) is 17.1 Å². The molecule has 0 atom stereocenters. The summed E-state index contributed by atoms with van der Waals surface area (Å²) in [5.74, 6) is 0.984. The van der Waals surface area contributed by atoms with Crippen molar-refractivity contribution in [3.63, 3.8) is 0 Å². The number of methoxy groups -OCH3 is 1. The van der Waals surface area contributed by atoms with Crippen LogP contribution in [0.5, 0.6) is 5.88 Å². The predicted molar refractivity (Wildman–Crippen MR) is 102 cm³/mol. The highest BCUT2D eigenvalue weighted by atomic mass is 16.5. The van der Waals surface area contributed by atoms with E-state index in [4.69, 9.17) is 4.74 Å². The molecule has 0 spiro atoms. The van der Waals surface area contributed by atoms with Crippen LogP contribution in [0.1, 0.15) is 19.8 Å². The van der Waals surface area contributed by atoms with E-state index in [1.807, 2.05) is 31.5 Å². The minimum absolute atomic E-state index is 0.165. The third-order valence-electron chi connectivity index (χ3n) is 5.09. The number of anilines is 1. The Morgan fingerprint density at radius 1 is 1.37 bits per heavy atom. The van der Waals surface area contributed by atoms with Gasteiger partial charge in [0.05, 0.1) is 12.7 Å². The molecular formula is C19H20N6O2. The molecule has 8 nitrogen and oxygen atoms in total. The Hall–Kier alpha value is -3.13. The zero-order valence-electron chi connectivity index (χ0n) is 15.1. The van der Waals surface area contributed by atoms with Gasteiger partial charge in [-0.05, 0) is 38.0 Å². The molecule has 4 aromatic rings. The Bertz CT molecular complexity index is 1100. The fourth-order valence-corrected chi connectivity index (χ4v) is 3.82. The molecule has 4 aromatic heterocycles. The van der Waals surface area contributed by atoms with Crippen molar-refractivity contribution < 1.29 is 9.84 Å². The summed E-state index contributed by atoms with van der Waals surface area (Å²) in [6.45, 7) is 1.84. The first-order valence-corrected chi connectivity index (χ1v) is 8.88. The van der Waals surface area contributed by atoms with Gasteiger partial charge >= 0.3 is 0 Å². The maximum Gasteiger partial charge on any atom is 0.244 e. The molecule has 0 radical (unpaired) electrons. The maximum atomic E-state index is 9.90. The van der Waals surface area contributed by atoms with Gasteiger partial charge < -0.3 is 20.1 Å². The number of aromatic amines is 1. The van der Waals surface area contributed by atoms with Crippen LogP contribution >= 0.6 is 0 Å². The van der Waals surface area contributed by atoms with Crippen LogP contribution in [0.15, 0.2) is 36.8 Å². The molecule has 0 saturated heterocycles. The second kappa shape index (κ2) is 5.68. The molecule has 1 aliphatic rings. The molecule has 138 valence electrons. The Morgan fingerprint density at radius 2 is 2.22 bits per heavy atom. The normalized spacial score (nSPS) is 22.1. The SMILES string of the molecule is COc1nc(NC2CC(C)(O)C2)nn2ccc(-c3cc4cnccc4[nH]3)c12. The lowest BCUT2D eigenvalue weighted by molar-refractivity contribution is -0.0236. The lowest BCUT2D eigenvalue weighted by Crippen LogP contribution is -2.48. The number of fused-ring (bicyclic) bond motifs is 2. The van der Waals surface area contributed by atoms with Crippen molar-refractivity contribution in [1.29, 1.82) is 0 Å². The molecule has 4 heterocycles. The van der Waals surface area contributed by atoms with Crippen LogP contribution in [-0.4, -0.2) is 48.4 Å². The fourth-order valence-electron chi connectivity index (χ4n) is 3.82. The van der Waals surface area contributed by atoms with Crippen LogP contribution < -0.4 is 10.1 Å². The summed E-state index contributed by atoms with van der Waals surface area (Å²) in [7, 11) is 1.60. The van der Waals surface area contributed by atoms with E-state index in [0.29, 0.717) is 24.7 Å². The molecule has 1 aliphatic carbocycles. The molecule has 0 amide bonds. The minimum Gasteiger partial charge on any atom is -0.479 e. The van der Waals surface area contributed by atoms with E-state index >= 15 is 0 Å². The van der Waals surface area contributed by atoms with Gasteiger partial charge in [-0.1, -0.05) is 0 Å². The van der Waals surface area contributed by atoms with E-state index in [1.54, 1.807) is 17.8 Å². The molecular weight excluding hydrogens is 344 g/mol. The standard InChI is InChI=1S/C19H20N6O2/c1-19(26)8-12(9-19)21-18-23-17(27-2)16-13(4-6-25(16)24-18)15-7-11-10-20-5-3-14(11)22-15/h3-7,10,12,22,26H,8-9H2,1-2H3,(H,21,24). The molecule has 27 heavy (non-hydrogen) atoms. The summed E-state index contributed by atoms with van der Waals surface area (Å²) < 4.78 is 7.32. The van der Waals surface area contributed by atoms with Gasteiger partial charge in [-0.15, -0.1) is 5.10 Å². The van der Waals surface area contributed by atoms with Gasteiger partial charge in [-0.2, -0.15) is 4.98 Å². The van der Waals surface area contributed by atoms with Crippen molar-refractivity contribution in [1.82, 2.24) is 24.6 Å². The molecule has 0 bridgehead atoms. The van der Waals surface area contributed by atoms with Crippen LogP contribution in [0.4, 0.5) is 5.95 Å². The van der Waals surface area contributed by atoms with Gasteiger partial charge in [-0.25, -0.2) is 4.52 Å². The average Bonchev–Trinajstić information content (AvgIpc) is 3.23. The lowest BCUT2D eigenvalue weighted by Gasteiger charge is -2.41. The van der Waals surface area contributed by atoms with Gasteiger partial charge in [-0.3, -0.25) is 4.98 Å². The van der Waals surface area contributed by atoms with Crippen molar-refractivity contribution in [3.05, 3.63) is 36.8 Å². The Kier molecular flexibility index (Phi) is 3.38. The molecule has 0 aromatic carbocycles. The number of pyridine rings is 1.